The number of rotatable bonds is 2. The molecule has 0 unspecified atom stereocenters. The highest BCUT2D eigenvalue weighted by Crippen LogP contribution is 2.29. The molecule has 0 spiro atoms. The van der Waals surface area contributed by atoms with E-state index in [-0.39, 0.29) is 5.75 Å². The molecule has 0 heterocycles. The fraction of sp³-hybridized carbons (Fsp3) is 0. The largest absolute Gasteiger partial charge is 0.453 e. The van der Waals surface area contributed by atoms with Crippen LogP contribution in [-0.4, -0.2) is 0 Å². The molecule has 0 amide bonds. The summed E-state index contributed by atoms with van der Waals surface area (Å²) in [6, 6.07) is 8.16. The molecule has 0 aliphatic rings. The van der Waals surface area contributed by atoms with Crippen molar-refractivity contribution >= 4 is 28.3 Å². The van der Waals surface area contributed by atoms with Gasteiger partial charge in [-0.05, 0) is 52.9 Å². The first-order chi connectivity index (χ1) is 8.06. The summed E-state index contributed by atoms with van der Waals surface area (Å²) in [7, 11) is 0. The highest BCUT2D eigenvalue weighted by Gasteiger charge is 2.08. The topological polar surface area (TPSA) is 35.2 Å². The first kappa shape index (κ1) is 12.1. The van der Waals surface area contributed by atoms with Crippen molar-refractivity contribution in [3.63, 3.8) is 0 Å². The zero-order chi connectivity index (χ0) is 12.4. The monoisotopic (exact) mass is 347 g/mol. The molecule has 0 aliphatic carbocycles. The van der Waals surface area contributed by atoms with Crippen molar-refractivity contribution in [2.45, 2.75) is 0 Å². The average Bonchev–Trinajstić information content (AvgIpc) is 2.25. The molecule has 2 N–H and O–H groups in total. The Bertz CT molecular complexity index is 511. The van der Waals surface area contributed by atoms with E-state index >= 15 is 0 Å². The van der Waals surface area contributed by atoms with Gasteiger partial charge in [0.2, 0.25) is 0 Å². The number of hydrogen-bond donors (Lipinski definition) is 1. The van der Waals surface area contributed by atoms with E-state index < -0.39 is 11.6 Å². The van der Waals surface area contributed by atoms with Gasteiger partial charge < -0.3 is 10.5 Å². The number of ether oxygens (including phenoxy) is 1. The van der Waals surface area contributed by atoms with Gasteiger partial charge in [-0.3, -0.25) is 0 Å². The second-order valence-corrected chi connectivity index (χ2v) is 4.53. The van der Waals surface area contributed by atoms with Gasteiger partial charge in [-0.2, -0.15) is 0 Å². The number of nitrogens with two attached hydrogens (primary N) is 1. The van der Waals surface area contributed by atoms with Gasteiger partial charge in [-0.25, -0.2) is 8.78 Å². The molecule has 2 aromatic rings. The summed E-state index contributed by atoms with van der Waals surface area (Å²) in [5, 5.41) is 0. The highest BCUT2D eigenvalue weighted by molar-refractivity contribution is 14.1. The maximum Gasteiger partial charge on any atom is 0.168 e. The van der Waals surface area contributed by atoms with Crippen LogP contribution in [0.3, 0.4) is 0 Å². The van der Waals surface area contributed by atoms with E-state index in [0.29, 0.717) is 11.4 Å². The number of halogens is 3. The Morgan fingerprint density at radius 2 is 1.71 bits per heavy atom. The molecule has 0 radical (unpaired) electrons. The molecule has 17 heavy (non-hydrogen) atoms. The molecule has 2 nitrogen and oxygen atoms in total. The molecular weight excluding hydrogens is 339 g/mol. The van der Waals surface area contributed by atoms with Gasteiger partial charge in [0, 0.05) is 11.8 Å². The zero-order valence-electron chi connectivity index (χ0n) is 8.58. The smallest absolute Gasteiger partial charge is 0.168 e. The third kappa shape index (κ3) is 2.85. The third-order valence-corrected chi connectivity index (χ3v) is 2.91. The van der Waals surface area contributed by atoms with Gasteiger partial charge in [-0.1, -0.05) is 0 Å². The van der Waals surface area contributed by atoms with E-state index in [9.17, 15) is 8.78 Å². The Morgan fingerprint density at radius 3 is 2.35 bits per heavy atom. The van der Waals surface area contributed by atoms with Crippen molar-refractivity contribution in [3.05, 3.63) is 51.6 Å². The lowest BCUT2D eigenvalue weighted by molar-refractivity contribution is 0.435. The molecule has 0 bridgehead atoms. The normalized spacial score (nSPS) is 10.3. The second kappa shape index (κ2) is 4.87. The fourth-order valence-corrected chi connectivity index (χ4v) is 1.93. The Labute approximate surface area is 111 Å². The number of anilines is 1. The van der Waals surface area contributed by atoms with Gasteiger partial charge in [0.05, 0.1) is 3.57 Å². The highest BCUT2D eigenvalue weighted by atomic mass is 127. The first-order valence-corrected chi connectivity index (χ1v) is 5.82. The van der Waals surface area contributed by atoms with Gasteiger partial charge in [-0.15, -0.1) is 0 Å². The van der Waals surface area contributed by atoms with Crippen LogP contribution < -0.4 is 10.5 Å². The van der Waals surface area contributed by atoms with E-state index in [2.05, 4.69) is 0 Å². The lowest BCUT2D eigenvalue weighted by atomic mass is 10.3. The lowest BCUT2D eigenvalue weighted by Gasteiger charge is -2.09. The van der Waals surface area contributed by atoms with Gasteiger partial charge >= 0.3 is 0 Å². The van der Waals surface area contributed by atoms with Gasteiger partial charge in [0.1, 0.15) is 11.6 Å². The Morgan fingerprint density at radius 1 is 1.00 bits per heavy atom. The zero-order valence-corrected chi connectivity index (χ0v) is 10.7. The van der Waals surface area contributed by atoms with Crippen molar-refractivity contribution in [1.82, 2.24) is 0 Å². The maximum absolute atomic E-state index is 13.4. The van der Waals surface area contributed by atoms with Gasteiger partial charge in [0.15, 0.2) is 11.6 Å². The maximum atomic E-state index is 13.4. The van der Waals surface area contributed by atoms with Crippen LogP contribution in [0.1, 0.15) is 0 Å². The van der Waals surface area contributed by atoms with E-state index in [1.165, 1.54) is 6.07 Å². The molecule has 2 aromatic carbocycles. The van der Waals surface area contributed by atoms with Crippen LogP contribution in [0.4, 0.5) is 14.5 Å². The summed E-state index contributed by atoms with van der Waals surface area (Å²) in [6.45, 7) is 0. The fourth-order valence-electron chi connectivity index (χ4n) is 1.28. The quantitative estimate of drug-likeness (QED) is 0.660. The van der Waals surface area contributed by atoms with E-state index in [0.717, 1.165) is 15.7 Å². The average molecular weight is 347 g/mol. The molecule has 0 atom stereocenters. The molecule has 88 valence electrons. The van der Waals surface area contributed by atoms with E-state index in [1.807, 2.05) is 22.6 Å². The number of hydrogen-bond acceptors (Lipinski definition) is 2. The molecule has 0 saturated heterocycles. The molecule has 2 rings (SSSR count). The summed E-state index contributed by atoms with van der Waals surface area (Å²) in [4.78, 5) is 0. The number of nitrogen functional groups attached to an aromatic ring is 1. The van der Waals surface area contributed by atoms with E-state index in [1.54, 1.807) is 18.2 Å². The molecule has 0 aliphatic heterocycles. The lowest BCUT2D eigenvalue weighted by Crippen LogP contribution is -1.93. The summed E-state index contributed by atoms with van der Waals surface area (Å²) in [5.41, 5.74) is 6.19. The SMILES string of the molecule is Nc1ccc(Oc2ccc(F)cc2F)c(I)c1. The minimum atomic E-state index is -0.738. The van der Waals surface area contributed by atoms with Crippen LogP contribution in [0.15, 0.2) is 36.4 Å². The Hall–Kier alpha value is -1.37. The predicted molar refractivity (Wildman–Crippen MR) is 70.0 cm³/mol. The minimum Gasteiger partial charge on any atom is -0.453 e. The van der Waals surface area contributed by atoms with Crippen LogP contribution in [0.25, 0.3) is 0 Å². The predicted octanol–water partition coefficient (Wildman–Crippen LogP) is 3.94. The van der Waals surface area contributed by atoms with E-state index in [4.69, 9.17) is 10.5 Å². The van der Waals surface area contributed by atoms with Crippen LogP contribution in [0.5, 0.6) is 11.5 Å². The van der Waals surface area contributed by atoms with Gasteiger partial charge in [0.25, 0.3) is 0 Å². The summed E-state index contributed by atoms with van der Waals surface area (Å²) < 4.78 is 32.2. The summed E-state index contributed by atoms with van der Waals surface area (Å²) in [6.07, 6.45) is 0. The molecule has 0 fully saturated rings. The number of benzene rings is 2. The van der Waals surface area contributed by atoms with Crippen molar-refractivity contribution in [3.8, 4) is 11.5 Å². The molecular formula is C12H8F2INO. The van der Waals surface area contributed by atoms with Crippen molar-refractivity contribution in [2.24, 2.45) is 0 Å². The molecule has 0 aromatic heterocycles. The minimum absolute atomic E-state index is 0.0194. The summed E-state index contributed by atoms with van der Waals surface area (Å²) >= 11 is 2.03. The molecule has 0 saturated carbocycles. The van der Waals surface area contributed by atoms with Crippen LogP contribution in [0, 0.1) is 15.2 Å². The standard InChI is InChI=1S/C12H8F2INO/c13-7-1-3-11(9(14)5-7)17-12-4-2-8(16)6-10(12)15/h1-6H,16H2. The van der Waals surface area contributed by atoms with Crippen LogP contribution in [-0.2, 0) is 0 Å². The third-order valence-electron chi connectivity index (χ3n) is 2.07. The first-order valence-electron chi connectivity index (χ1n) is 4.74. The molecule has 5 heteroatoms. The Kier molecular flexibility index (Phi) is 3.46. The van der Waals surface area contributed by atoms with Crippen molar-refractivity contribution < 1.29 is 13.5 Å². The van der Waals surface area contributed by atoms with Crippen molar-refractivity contribution in [1.29, 1.82) is 0 Å². The second-order valence-electron chi connectivity index (χ2n) is 3.37. The summed E-state index contributed by atoms with van der Waals surface area (Å²) in [5.74, 6) is -0.918. The van der Waals surface area contributed by atoms with Crippen LogP contribution in [0.2, 0.25) is 0 Å². The van der Waals surface area contributed by atoms with Crippen LogP contribution >= 0.6 is 22.6 Å². The van der Waals surface area contributed by atoms with Crippen molar-refractivity contribution in [2.75, 3.05) is 5.73 Å². The Balaban J connectivity index is 2.31.